The van der Waals surface area contributed by atoms with E-state index in [9.17, 15) is 4.79 Å². The monoisotopic (exact) mass is 275 g/mol. The Balaban J connectivity index is 1.70. The molecular formula is C13H17N5O2. The predicted molar refractivity (Wildman–Crippen MR) is 74.0 cm³/mol. The maximum atomic E-state index is 12.1. The highest BCUT2D eigenvalue weighted by molar-refractivity contribution is 5.77. The average molecular weight is 275 g/mol. The molecule has 0 radical (unpaired) electrons. The molecule has 3 heterocycles. The number of imidazole rings is 1. The van der Waals surface area contributed by atoms with Gasteiger partial charge in [-0.05, 0) is 12.1 Å². The summed E-state index contributed by atoms with van der Waals surface area (Å²) in [6, 6.07) is 3.68. The van der Waals surface area contributed by atoms with Crippen LogP contribution in [-0.2, 0) is 16.1 Å². The number of hydrogen-bond donors (Lipinski definition) is 1. The predicted octanol–water partition coefficient (Wildman–Crippen LogP) is 0.262. The van der Waals surface area contributed by atoms with Gasteiger partial charge in [0.15, 0.2) is 5.65 Å². The molecule has 0 unspecified atom stereocenters. The van der Waals surface area contributed by atoms with Crippen LogP contribution in [0.1, 0.15) is 6.42 Å². The standard InChI is InChI=1S/C13H17N5O2/c14-13-16-10-2-1-4-15-12(10)18(13)5-3-11(19)17-6-8-20-9-7-17/h1-2,4H,3,5-9H2,(H2,14,16). The lowest BCUT2D eigenvalue weighted by Crippen LogP contribution is -2.41. The minimum atomic E-state index is 0.116. The summed E-state index contributed by atoms with van der Waals surface area (Å²) in [5, 5.41) is 0. The van der Waals surface area contributed by atoms with Gasteiger partial charge in [0.2, 0.25) is 11.9 Å². The van der Waals surface area contributed by atoms with E-state index in [0.717, 1.165) is 11.2 Å². The number of nitrogens with two attached hydrogens (primary N) is 1. The van der Waals surface area contributed by atoms with E-state index in [2.05, 4.69) is 9.97 Å². The van der Waals surface area contributed by atoms with Crippen molar-refractivity contribution < 1.29 is 9.53 Å². The molecule has 2 N–H and O–H groups in total. The Labute approximate surface area is 116 Å². The number of hydrogen-bond acceptors (Lipinski definition) is 5. The maximum Gasteiger partial charge on any atom is 0.224 e. The molecule has 2 aromatic rings. The molecule has 1 saturated heterocycles. The van der Waals surface area contributed by atoms with Crippen molar-refractivity contribution in [2.45, 2.75) is 13.0 Å². The maximum absolute atomic E-state index is 12.1. The van der Waals surface area contributed by atoms with Gasteiger partial charge in [0.1, 0.15) is 5.52 Å². The first-order chi connectivity index (χ1) is 9.75. The van der Waals surface area contributed by atoms with Gasteiger partial charge in [-0.25, -0.2) is 9.97 Å². The van der Waals surface area contributed by atoms with Gasteiger partial charge in [0.25, 0.3) is 0 Å². The van der Waals surface area contributed by atoms with Gasteiger partial charge in [-0.15, -0.1) is 0 Å². The molecule has 0 aliphatic carbocycles. The first-order valence-corrected chi connectivity index (χ1v) is 6.68. The van der Waals surface area contributed by atoms with Crippen molar-refractivity contribution in [1.29, 1.82) is 0 Å². The number of ether oxygens (including phenoxy) is 1. The smallest absolute Gasteiger partial charge is 0.224 e. The number of anilines is 1. The fourth-order valence-corrected chi connectivity index (χ4v) is 2.37. The van der Waals surface area contributed by atoms with Crippen molar-refractivity contribution in [2.24, 2.45) is 0 Å². The highest BCUT2D eigenvalue weighted by atomic mass is 16.5. The van der Waals surface area contributed by atoms with Crippen LogP contribution in [0.2, 0.25) is 0 Å². The summed E-state index contributed by atoms with van der Waals surface area (Å²) in [7, 11) is 0. The molecule has 0 bridgehead atoms. The second-order valence-corrected chi connectivity index (χ2v) is 4.71. The van der Waals surface area contributed by atoms with Gasteiger partial charge in [0, 0.05) is 32.3 Å². The average Bonchev–Trinajstić information content (AvgIpc) is 2.81. The molecule has 7 nitrogen and oxygen atoms in total. The minimum Gasteiger partial charge on any atom is -0.378 e. The van der Waals surface area contributed by atoms with E-state index in [-0.39, 0.29) is 5.91 Å². The Hall–Kier alpha value is -2.15. The zero-order chi connectivity index (χ0) is 13.9. The Morgan fingerprint density at radius 2 is 2.20 bits per heavy atom. The highest BCUT2D eigenvalue weighted by Crippen LogP contribution is 2.15. The number of nitrogens with zero attached hydrogens (tertiary/aromatic N) is 4. The van der Waals surface area contributed by atoms with Crippen LogP contribution in [0.25, 0.3) is 11.2 Å². The van der Waals surface area contributed by atoms with Crippen molar-refractivity contribution in [3.8, 4) is 0 Å². The van der Waals surface area contributed by atoms with Crippen LogP contribution >= 0.6 is 0 Å². The number of pyridine rings is 1. The van der Waals surface area contributed by atoms with Crippen molar-refractivity contribution in [2.75, 3.05) is 32.0 Å². The van der Waals surface area contributed by atoms with Crippen LogP contribution in [0.3, 0.4) is 0 Å². The molecule has 0 aromatic carbocycles. The third kappa shape index (κ3) is 2.44. The molecule has 2 aromatic heterocycles. The van der Waals surface area contributed by atoms with Gasteiger partial charge in [-0.2, -0.15) is 0 Å². The number of aromatic nitrogens is 3. The summed E-state index contributed by atoms with van der Waals surface area (Å²) in [5.74, 6) is 0.513. The third-order valence-electron chi connectivity index (χ3n) is 3.45. The largest absolute Gasteiger partial charge is 0.378 e. The van der Waals surface area contributed by atoms with E-state index in [0.29, 0.717) is 45.2 Å². The first kappa shape index (κ1) is 12.9. The van der Waals surface area contributed by atoms with Crippen LogP contribution < -0.4 is 5.73 Å². The van der Waals surface area contributed by atoms with Crippen LogP contribution in [0, 0.1) is 0 Å². The van der Waals surface area contributed by atoms with E-state index in [1.807, 2.05) is 17.0 Å². The van der Waals surface area contributed by atoms with E-state index >= 15 is 0 Å². The van der Waals surface area contributed by atoms with E-state index in [4.69, 9.17) is 10.5 Å². The fourth-order valence-electron chi connectivity index (χ4n) is 2.37. The number of carbonyl (C=O) groups excluding carboxylic acids is 1. The summed E-state index contributed by atoms with van der Waals surface area (Å²) in [5.41, 5.74) is 7.36. The van der Waals surface area contributed by atoms with Crippen LogP contribution in [0.5, 0.6) is 0 Å². The summed E-state index contributed by atoms with van der Waals surface area (Å²) >= 11 is 0. The van der Waals surface area contributed by atoms with Crippen molar-refractivity contribution in [3.63, 3.8) is 0 Å². The molecular weight excluding hydrogens is 258 g/mol. The first-order valence-electron chi connectivity index (χ1n) is 6.68. The highest BCUT2D eigenvalue weighted by Gasteiger charge is 2.17. The summed E-state index contributed by atoms with van der Waals surface area (Å²) in [4.78, 5) is 22.4. The molecule has 20 heavy (non-hydrogen) atoms. The minimum absolute atomic E-state index is 0.116. The Morgan fingerprint density at radius 3 is 3.00 bits per heavy atom. The zero-order valence-corrected chi connectivity index (χ0v) is 11.2. The molecule has 3 rings (SSSR count). The van der Waals surface area contributed by atoms with Crippen molar-refractivity contribution in [3.05, 3.63) is 18.3 Å². The second kappa shape index (κ2) is 5.46. The lowest BCUT2D eigenvalue weighted by atomic mass is 10.3. The normalized spacial score (nSPS) is 15.7. The van der Waals surface area contributed by atoms with Gasteiger partial charge >= 0.3 is 0 Å². The molecule has 0 spiro atoms. The van der Waals surface area contributed by atoms with Crippen LogP contribution in [0.4, 0.5) is 5.95 Å². The van der Waals surface area contributed by atoms with Gasteiger partial charge in [0.05, 0.1) is 13.2 Å². The van der Waals surface area contributed by atoms with E-state index in [1.54, 1.807) is 10.8 Å². The summed E-state index contributed by atoms with van der Waals surface area (Å²) in [6.07, 6.45) is 2.09. The van der Waals surface area contributed by atoms with E-state index < -0.39 is 0 Å². The van der Waals surface area contributed by atoms with Gasteiger partial charge < -0.3 is 15.4 Å². The van der Waals surface area contributed by atoms with Crippen molar-refractivity contribution in [1.82, 2.24) is 19.4 Å². The number of nitrogen functional groups attached to an aromatic ring is 1. The number of morpholine rings is 1. The molecule has 0 atom stereocenters. The SMILES string of the molecule is Nc1nc2cccnc2n1CCC(=O)N1CCOCC1. The van der Waals surface area contributed by atoms with E-state index in [1.165, 1.54) is 0 Å². The number of carbonyl (C=O) groups is 1. The molecule has 106 valence electrons. The van der Waals surface area contributed by atoms with Gasteiger partial charge in [-0.3, -0.25) is 9.36 Å². The Morgan fingerprint density at radius 1 is 1.40 bits per heavy atom. The van der Waals surface area contributed by atoms with Crippen LogP contribution in [0.15, 0.2) is 18.3 Å². The third-order valence-corrected chi connectivity index (χ3v) is 3.45. The second-order valence-electron chi connectivity index (χ2n) is 4.71. The number of fused-ring (bicyclic) bond motifs is 1. The topological polar surface area (TPSA) is 86.3 Å². The summed E-state index contributed by atoms with van der Waals surface area (Å²) in [6.45, 7) is 3.05. The van der Waals surface area contributed by atoms with Crippen LogP contribution in [-0.4, -0.2) is 51.6 Å². The molecule has 0 saturated carbocycles. The summed E-state index contributed by atoms with van der Waals surface area (Å²) < 4.78 is 7.02. The fraction of sp³-hybridized carbons (Fsp3) is 0.462. The molecule has 1 aliphatic heterocycles. The zero-order valence-electron chi connectivity index (χ0n) is 11.2. The quantitative estimate of drug-likeness (QED) is 0.868. The van der Waals surface area contributed by atoms with Gasteiger partial charge in [-0.1, -0.05) is 0 Å². The van der Waals surface area contributed by atoms with Crippen molar-refractivity contribution >= 4 is 23.0 Å². The lowest BCUT2D eigenvalue weighted by Gasteiger charge is -2.26. The number of aryl methyl sites for hydroxylation is 1. The molecule has 1 fully saturated rings. The molecule has 1 amide bonds. The Kier molecular flexibility index (Phi) is 3.51. The molecule has 7 heteroatoms. The Bertz CT molecular complexity index is 618. The lowest BCUT2D eigenvalue weighted by molar-refractivity contribution is -0.135. The molecule has 1 aliphatic rings. The number of amides is 1. The number of rotatable bonds is 3.